The highest BCUT2D eigenvalue weighted by atomic mass is 35.5. The smallest absolute Gasteiger partial charge is 0.236 e. The van der Waals surface area contributed by atoms with Crippen LogP contribution in [0.4, 0.5) is 0 Å². The Kier molecular flexibility index (Phi) is 16.6. The van der Waals surface area contributed by atoms with E-state index in [2.05, 4.69) is 12.2 Å². The summed E-state index contributed by atoms with van der Waals surface area (Å²) in [6.45, 7) is 5.30. The number of nitrogens with two attached hydrogens (primary N) is 1. The van der Waals surface area contributed by atoms with Crippen LogP contribution in [-0.4, -0.2) is 41.9 Å². The molecule has 2 amide bonds. The summed E-state index contributed by atoms with van der Waals surface area (Å²) in [6, 6.07) is -0.360. The molecule has 166 valence electrons. The molecule has 1 aliphatic heterocycles. The van der Waals surface area contributed by atoms with Crippen LogP contribution >= 0.6 is 12.4 Å². The Morgan fingerprint density at radius 1 is 1.00 bits per heavy atom. The Morgan fingerprint density at radius 2 is 1.57 bits per heavy atom. The van der Waals surface area contributed by atoms with Gasteiger partial charge in [0.25, 0.3) is 0 Å². The fourth-order valence-corrected chi connectivity index (χ4v) is 3.83. The normalized spacial score (nSPS) is 17.7. The van der Waals surface area contributed by atoms with Gasteiger partial charge in [-0.15, -0.1) is 12.4 Å². The van der Waals surface area contributed by atoms with E-state index in [4.69, 9.17) is 5.73 Å². The number of likely N-dealkylation sites (tertiary alicyclic amines) is 1. The van der Waals surface area contributed by atoms with Crippen LogP contribution < -0.4 is 11.1 Å². The number of piperidine rings is 1. The highest BCUT2D eigenvalue weighted by Crippen LogP contribution is 2.19. The molecule has 2 unspecified atom stereocenters. The molecule has 0 aromatic carbocycles. The Hall–Kier alpha value is -0.810. The van der Waals surface area contributed by atoms with Crippen molar-refractivity contribution in [3.8, 4) is 0 Å². The van der Waals surface area contributed by atoms with Crippen LogP contribution in [0, 0.1) is 0 Å². The van der Waals surface area contributed by atoms with E-state index in [1.165, 1.54) is 51.4 Å². The Labute approximate surface area is 179 Å². The molecular weight excluding hydrogens is 374 g/mol. The zero-order valence-corrected chi connectivity index (χ0v) is 19.0. The summed E-state index contributed by atoms with van der Waals surface area (Å²) in [4.78, 5) is 26.3. The van der Waals surface area contributed by atoms with Crippen molar-refractivity contribution in [3.63, 3.8) is 0 Å². The van der Waals surface area contributed by atoms with Crippen LogP contribution in [0.2, 0.25) is 0 Å². The molecule has 0 aliphatic carbocycles. The molecule has 3 N–H and O–H groups in total. The third-order valence-corrected chi connectivity index (χ3v) is 5.62. The maximum absolute atomic E-state index is 12.6. The molecule has 1 saturated heterocycles. The van der Waals surface area contributed by atoms with Gasteiger partial charge in [-0.2, -0.15) is 0 Å². The molecule has 1 heterocycles. The zero-order chi connectivity index (χ0) is 19.9. The second-order valence-corrected chi connectivity index (χ2v) is 8.20. The highest BCUT2D eigenvalue weighted by molar-refractivity contribution is 5.85. The number of carbonyl (C=O) groups excluding carboxylic acids is 2. The predicted molar refractivity (Wildman–Crippen MR) is 120 cm³/mol. The van der Waals surface area contributed by atoms with E-state index in [-0.39, 0.29) is 30.3 Å². The van der Waals surface area contributed by atoms with Crippen LogP contribution in [-0.2, 0) is 9.59 Å². The first-order valence-electron chi connectivity index (χ1n) is 11.4. The minimum atomic E-state index is -0.496. The van der Waals surface area contributed by atoms with Crippen molar-refractivity contribution in [3.05, 3.63) is 0 Å². The van der Waals surface area contributed by atoms with Gasteiger partial charge < -0.3 is 16.0 Å². The van der Waals surface area contributed by atoms with Crippen molar-refractivity contribution in [2.45, 2.75) is 116 Å². The SMILES string of the molecule is CCCCCCCCCCCCC(=O)N1CCCCC1CNC(=O)C(C)N.Cl. The summed E-state index contributed by atoms with van der Waals surface area (Å²) in [7, 11) is 0. The molecule has 2 atom stereocenters. The van der Waals surface area contributed by atoms with Gasteiger partial charge in [0.1, 0.15) is 0 Å². The molecule has 1 fully saturated rings. The summed E-state index contributed by atoms with van der Waals surface area (Å²) < 4.78 is 0. The Bertz CT molecular complexity index is 419. The fraction of sp³-hybridized carbons (Fsp3) is 0.909. The number of halogens is 1. The second-order valence-electron chi connectivity index (χ2n) is 8.20. The lowest BCUT2D eigenvalue weighted by atomic mass is 10.0. The van der Waals surface area contributed by atoms with Gasteiger partial charge in [0.2, 0.25) is 11.8 Å². The molecule has 6 heteroatoms. The summed E-state index contributed by atoms with van der Waals surface area (Å²) in [5.41, 5.74) is 5.60. The topological polar surface area (TPSA) is 75.4 Å². The van der Waals surface area contributed by atoms with Crippen molar-refractivity contribution in [1.29, 1.82) is 0 Å². The monoisotopic (exact) mass is 417 g/mol. The lowest BCUT2D eigenvalue weighted by Gasteiger charge is -2.36. The molecule has 28 heavy (non-hydrogen) atoms. The number of rotatable bonds is 14. The molecule has 0 saturated carbocycles. The second kappa shape index (κ2) is 17.1. The minimum absolute atomic E-state index is 0. The lowest BCUT2D eigenvalue weighted by molar-refractivity contribution is -0.135. The first kappa shape index (κ1) is 27.2. The number of hydrogen-bond acceptors (Lipinski definition) is 3. The number of hydrogen-bond donors (Lipinski definition) is 2. The molecule has 0 aromatic rings. The molecular formula is C22H44ClN3O2. The largest absolute Gasteiger partial charge is 0.353 e. The standard InChI is InChI=1S/C22H43N3O2.ClH/c1-3-4-5-6-7-8-9-10-11-12-16-21(26)25-17-14-13-15-20(25)18-24-22(27)19(2)23;/h19-20H,3-18,23H2,1-2H3,(H,24,27);1H. The van der Waals surface area contributed by atoms with Gasteiger partial charge in [0, 0.05) is 25.6 Å². The van der Waals surface area contributed by atoms with E-state index < -0.39 is 6.04 Å². The van der Waals surface area contributed by atoms with Gasteiger partial charge in [-0.1, -0.05) is 64.7 Å². The van der Waals surface area contributed by atoms with Gasteiger partial charge >= 0.3 is 0 Å². The summed E-state index contributed by atoms with van der Waals surface area (Å²) in [5.74, 6) is 0.122. The maximum Gasteiger partial charge on any atom is 0.236 e. The average molecular weight is 418 g/mol. The molecule has 1 aliphatic rings. The Balaban J connectivity index is 0.00000729. The summed E-state index contributed by atoms with van der Waals surface area (Å²) in [5, 5.41) is 2.89. The first-order chi connectivity index (χ1) is 13.1. The first-order valence-corrected chi connectivity index (χ1v) is 11.4. The van der Waals surface area contributed by atoms with Crippen LogP contribution in [0.5, 0.6) is 0 Å². The number of nitrogens with zero attached hydrogens (tertiary/aromatic N) is 1. The van der Waals surface area contributed by atoms with Crippen LogP contribution in [0.3, 0.4) is 0 Å². The van der Waals surface area contributed by atoms with Gasteiger partial charge in [-0.05, 0) is 32.6 Å². The minimum Gasteiger partial charge on any atom is -0.353 e. The third-order valence-electron chi connectivity index (χ3n) is 5.62. The fourth-order valence-electron chi connectivity index (χ4n) is 3.83. The van der Waals surface area contributed by atoms with Gasteiger partial charge in [0.05, 0.1) is 6.04 Å². The summed E-state index contributed by atoms with van der Waals surface area (Å²) in [6.07, 6.45) is 16.6. The van der Waals surface area contributed by atoms with Crippen molar-refractivity contribution in [1.82, 2.24) is 10.2 Å². The van der Waals surface area contributed by atoms with Crippen molar-refractivity contribution in [2.24, 2.45) is 5.73 Å². The van der Waals surface area contributed by atoms with E-state index >= 15 is 0 Å². The van der Waals surface area contributed by atoms with Crippen LogP contribution in [0.15, 0.2) is 0 Å². The summed E-state index contributed by atoms with van der Waals surface area (Å²) >= 11 is 0. The van der Waals surface area contributed by atoms with Gasteiger partial charge in [-0.25, -0.2) is 0 Å². The van der Waals surface area contributed by atoms with Gasteiger partial charge in [-0.3, -0.25) is 9.59 Å². The van der Waals surface area contributed by atoms with E-state index in [9.17, 15) is 9.59 Å². The van der Waals surface area contributed by atoms with Crippen molar-refractivity contribution >= 4 is 24.2 Å². The molecule has 1 rings (SSSR count). The van der Waals surface area contributed by atoms with E-state index in [0.29, 0.717) is 13.0 Å². The van der Waals surface area contributed by atoms with E-state index in [1.807, 2.05) is 4.90 Å². The Morgan fingerprint density at radius 3 is 2.14 bits per heavy atom. The van der Waals surface area contributed by atoms with Crippen LogP contribution in [0.1, 0.15) is 104 Å². The predicted octanol–water partition coefficient (Wildman–Crippen LogP) is 4.56. The van der Waals surface area contributed by atoms with E-state index in [0.717, 1.165) is 38.6 Å². The number of amides is 2. The van der Waals surface area contributed by atoms with E-state index in [1.54, 1.807) is 6.92 Å². The highest BCUT2D eigenvalue weighted by Gasteiger charge is 2.26. The molecule has 0 bridgehead atoms. The molecule has 5 nitrogen and oxygen atoms in total. The van der Waals surface area contributed by atoms with Gasteiger partial charge in [0.15, 0.2) is 0 Å². The third kappa shape index (κ3) is 11.9. The lowest BCUT2D eigenvalue weighted by Crippen LogP contribution is -2.51. The van der Waals surface area contributed by atoms with Crippen LogP contribution in [0.25, 0.3) is 0 Å². The quantitative estimate of drug-likeness (QED) is 0.406. The number of nitrogens with one attached hydrogen (secondary N) is 1. The molecule has 0 radical (unpaired) electrons. The zero-order valence-electron chi connectivity index (χ0n) is 18.2. The number of carbonyl (C=O) groups is 2. The van der Waals surface area contributed by atoms with Crippen molar-refractivity contribution < 1.29 is 9.59 Å². The maximum atomic E-state index is 12.6. The van der Waals surface area contributed by atoms with Crippen molar-refractivity contribution in [2.75, 3.05) is 13.1 Å². The molecule has 0 aromatic heterocycles. The average Bonchev–Trinajstić information content (AvgIpc) is 2.67. The number of unbranched alkanes of at least 4 members (excludes halogenated alkanes) is 9. The molecule has 0 spiro atoms.